The van der Waals surface area contributed by atoms with Crippen molar-refractivity contribution in [1.82, 2.24) is 0 Å². The van der Waals surface area contributed by atoms with Crippen LogP contribution in [0.2, 0.25) is 0 Å². The summed E-state index contributed by atoms with van der Waals surface area (Å²) < 4.78 is 4.99. The first kappa shape index (κ1) is 16.7. The van der Waals surface area contributed by atoms with Gasteiger partial charge in [0.15, 0.2) is 0 Å². The molecule has 2 N–H and O–H groups in total. The fourth-order valence-corrected chi connectivity index (χ4v) is 2.84. The fraction of sp³-hybridized carbons (Fsp3) is 0.211. The molecule has 6 heteroatoms. The van der Waals surface area contributed by atoms with E-state index in [-0.39, 0.29) is 30.4 Å². The second kappa shape index (κ2) is 7.17. The lowest BCUT2D eigenvalue weighted by molar-refractivity contribution is -0.122. The van der Waals surface area contributed by atoms with E-state index < -0.39 is 11.9 Å². The van der Waals surface area contributed by atoms with Crippen LogP contribution in [-0.2, 0) is 14.3 Å². The Morgan fingerprint density at radius 3 is 2.64 bits per heavy atom. The van der Waals surface area contributed by atoms with Crippen LogP contribution in [-0.4, -0.2) is 24.4 Å². The zero-order valence-corrected chi connectivity index (χ0v) is 13.7. The lowest BCUT2D eigenvalue weighted by Crippen LogP contribution is -2.21. The van der Waals surface area contributed by atoms with Crippen molar-refractivity contribution >= 4 is 29.2 Å². The molecule has 0 radical (unpaired) electrons. The minimum absolute atomic E-state index is 0.00000630. The van der Waals surface area contributed by atoms with Gasteiger partial charge in [-0.25, -0.2) is 4.79 Å². The summed E-state index contributed by atoms with van der Waals surface area (Å²) in [4.78, 5) is 36.5. The Balaban J connectivity index is 1.74. The van der Waals surface area contributed by atoms with Crippen LogP contribution in [0.15, 0.2) is 48.5 Å². The Morgan fingerprint density at radius 1 is 1.12 bits per heavy atom. The predicted molar refractivity (Wildman–Crippen MR) is 93.5 cm³/mol. The first-order chi connectivity index (χ1) is 12.1. The summed E-state index contributed by atoms with van der Waals surface area (Å²) in [6.07, 6.45) is 0.00000630. The molecule has 2 aromatic rings. The third kappa shape index (κ3) is 3.52. The molecule has 2 amide bonds. The lowest BCUT2D eigenvalue weighted by Gasteiger charge is -2.12. The van der Waals surface area contributed by atoms with E-state index in [1.54, 1.807) is 37.3 Å². The van der Waals surface area contributed by atoms with Gasteiger partial charge in [0, 0.05) is 12.1 Å². The van der Waals surface area contributed by atoms with Crippen molar-refractivity contribution in [3.8, 4) is 0 Å². The summed E-state index contributed by atoms with van der Waals surface area (Å²) in [6, 6.07) is 13.9. The van der Waals surface area contributed by atoms with Crippen LogP contribution in [0.25, 0.3) is 0 Å². The molecule has 0 aromatic heterocycles. The van der Waals surface area contributed by atoms with Gasteiger partial charge in [-0.15, -0.1) is 0 Å². The number of anilines is 2. The second-order valence-electron chi connectivity index (χ2n) is 5.65. The minimum Gasteiger partial charge on any atom is -0.462 e. The SMILES string of the molecule is CCOC(=O)c1ccccc1NC(=O)CC1C(=O)Nc2ccccc21. The van der Waals surface area contributed by atoms with Crippen LogP contribution in [0.4, 0.5) is 11.4 Å². The predicted octanol–water partition coefficient (Wildman–Crippen LogP) is 2.93. The van der Waals surface area contributed by atoms with Crippen LogP contribution >= 0.6 is 0 Å². The van der Waals surface area contributed by atoms with Crippen molar-refractivity contribution in [1.29, 1.82) is 0 Å². The highest BCUT2D eigenvalue weighted by Crippen LogP contribution is 2.34. The third-order valence-electron chi connectivity index (χ3n) is 4.00. The average Bonchev–Trinajstić information content (AvgIpc) is 2.91. The van der Waals surface area contributed by atoms with Gasteiger partial charge in [-0.1, -0.05) is 30.3 Å². The summed E-state index contributed by atoms with van der Waals surface area (Å²) in [5.41, 5.74) is 2.20. The Morgan fingerprint density at radius 2 is 1.84 bits per heavy atom. The number of carbonyl (C=O) groups excluding carboxylic acids is 3. The molecule has 0 aliphatic carbocycles. The molecule has 0 spiro atoms. The maximum atomic E-state index is 12.4. The zero-order chi connectivity index (χ0) is 17.8. The van der Waals surface area contributed by atoms with E-state index in [2.05, 4.69) is 10.6 Å². The van der Waals surface area contributed by atoms with E-state index in [1.807, 2.05) is 18.2 Å². The number of ether oxygens (including phenoxy) is 1. The van der Waals surface area contributed by atoms with Crippen molar-refractivity contribution in [2.75, 3.05) is 17.2 Å². The molecule has 1 unspecified atom stereocenters. The average molecular weight is 338 g/mol. The Hall–Kier alpha value is -3.15. The molecule has 0 bridgehead atoms. The van der Waals surface area contributed by atoms with E-state index >= 15 is 0 Å². The van der Waals surface area contributed by atoms with E-state index in [4.69, 9.17) is 4.74 Å². The number of benzene rings is 2. The van der Waals surface area contributed by atoms with Gasteiger partial charge in [-0.3, -0.25) is 9.59 Å². The summed E-state index contributed by atoms with van der Waals surface area (Å²) in [5.74, 6) is -1.57. The third-order valence-corrected chi connectivity index (χ3v) is 4.00. The van der Waals surface area contributed by atoms with E-state index in [0.29, 0.717) is 5.69 Å². The van der Waals surface area contributed by atoms with Crippen molar-refractivity contribution in [2.24, 2.45) is 0 Å². The maximum absolute atomic E-state index is 12.4. The summed E-state index contributed by atoms with van der Waals surface area (Å²) in [7, 11) is 0. The molecular weight excluding hydrogens is 320 g/mol. The highest BCUT2D eigenvalue weighted by atomic mass is 16.5. The molecular formula is C19H18N2O4. The summed E-state index contributed by atoms with van der Waals surface area (Å²) >= 11 is 0. The molecule has 0 saturated heterocycles. The largest absolute Gasteiger partial charge is 0.462 e. The van der Waals surface area contributed by atoms with Crippen LogP contribution in [0, 0.1) is 0 Å². The number of para-hydroxylation sites is 2. The monoisotopic (exact) mass is 338 g/mol. The zero-order valence-electron chi connectivity index (χ0n) is 13.7. The number of hydrogen-bond acceptors (Lipinski definition) is 4. The Kier molecular flexibility index (Phi) is 4.79. The number of carbonyl (C=O) groups is 3. The Bertz CT molecular complexity index is 832. The van der Waals surface area contributed by atoms with Gasteiger partial charge in [-0.05, 0) is 30.7 Å². The highest BCUT2D eigenvalue weighted by Gasteiger charge is 2.32. The molecule has 6 nitrogen and oxygen atoms in total. The van der Waals surface area contributed by atoms with Gasteiger partial charge >= 0.3 is 5.97 Å². The first-order valence-corrected chi connectivity index (χ1v) is 8.06. The van der Waals surface area contributed by atoms with Gasteiger partial charge < -0.3 is 15.4 Å². The van der Waals surface area contributed by atoms with Crippen LogP contribution in [0.3, 0.4) is 0 Å². The molecule has 1 atom stereocenters. The number of fused-ring (bicyclic) bond motifs is 1. The lowest BCUT2D eigenvalue weighted by atomic mass is 9.97. The fourth-order valence-electron chi connectivity index (χ4n) is 2.84. The van der Waals surface area contributed by atoms with Crippen LogP contribution in [0.1, 0.15) is 35.2 Å². The van der Waals surface area contributed by atoms with E-state index in [9.17, 15) is 14.4 Å². The molecule has 0 fully saturated rings. The first-order valence-electron chi connectivity index (χ1n) is 8.06. The molecule has 25 heavy (non-hydrogen) atoms. The standard InChI is InChI=1S/C19H18N2O4/c1-2-25-19(24)13-8-4-6-10-16(13)20-17(22)11-14-12-7-3-5-9-15(12)21-18(14)23/h3-10,14H,2,11H2,1H3,(H,20,22)(H,21,23). The molecule has 1 aliphatic heterocycles. The topological polar surface area (TPSA) is 84.5 Å². The second-order valence-corrected chi connectivity index (χ2v) is 5.65. The van der Waals surface area contributed by atoms with E-state index in [0.717, 1.165) is 11.3 Å². The number of hydrogen-bond donors (Lipinski definition) is 2. The number of nitrogens with one attached hydrogen (secondary N) is 2. The highest BCUT2D eigenvalue weighted by molar-refractivity contribution is 6.07. The molecule has 1 heterocycles. The van der Waals surface area contributed by atoms with Crippen LogP contribution in [0.5, 0.6) is 0 Å². The number of esters is 1. The Labute approximate surface area is 145 Å². The quantitative estimate of drug-likeness (QED) is 0.821. The van der Waals surface area contributed by atoms with Gasteiger partial charge in [0.25, 0.3) is 0 Å². The van der Waals surface area contributed by atoms with Crippen molar-refractivity contribution in [3.63, 3.8) is 0 Å². The summed E-state index contributed by atoms with van der Waals surface area (Å²) in [5, 5.41) is 5.48. The van der Waals surface area contributed by atoms with Crippen molar-refractivity contribution < 1.29 is 19.1 Å². The molecule has 1 aliphatic rings. The molecule has 0 saturated carbocycles. The number of rotatable bonds is 5. The van der Waals surface area contributed by atoms with Crippen molar-refractivity contribution in [3.05, 3.63) is 59.7 Å². The van der Waals surface area contributed by atoms with Gasteiger partial charge in [0.1, 0.15) is 0 Å². The van der Waals surface area contributed by atoms with Gasteiger partial charge in [0.05, 0.1) is 23.8 Å². The van der Waals surface area contributed by atoms with Crippen molar-refractivity contribution in [2.45, 2.75) is 19.3 Å². The molecule has 2 aromatic carbocycles. The molecule has 3 rings (SSSR count). The molecule has 128 valence electrons. The maximum Gasteiger partial charge on any atom is 0.340 e. The summed E-state index contributed by atoms with van der Waals surface area (Å²) in [6.45, 7) is 1.97. The van der Waals surface area contributed by atoms with Crippen LogP contribution < -0.4 is 10.6 Å². The minimum atomic E-state index is -0.536. The van der Waals surface area contributed by atoms with Gasteiger partial charge in [0.2, 0.25) is 11.8 Å². The van der Waals surface area contributed by atoms with Gasteiger partial charge in [-0.2, -0.15) is 0 Å². The number of amides is 2. The normalized spacial score (nSPS) is 15.2. The van der Waals surface area contributed by atoms with E-state index in [1.165, 1.54) is 0 Å². The smallest absolute Gasteiger partial charge is 0.340 e.